The molecular formula is C10H14BrClN2O2S. The number of hydrogen-bond acceptors (Lipinski definition) is 3. The Balaban J connectivity index is 3.27. The minimum Gasteiger partial charge on any atom is -0.329 e. The number of nitrogens with zero attached hydrogens (tertiary/aromatic N) is 1. The van der Waals surface area contributed by atoms with Crippen molar-refractivity contribution in [1.82, 2.24) is 4.31 Å². The number of benzene rings is 1. The molecule has 0 fully saturated rings. The molecule has 0 aliphatic carbocycles. The van der Waals surface area contributed by atoms with Gasteiger partial charge in [-0.25, -0.2) is 8.42 Å². The van der Waals surface area contributed by atoms with E-state index in [9.17, 15) is 8.42 Å². The van der Waals surface area contributed by atoms with E-state index in [2.05, 4.69) is 15.9 Å². The summed E-state index contributed by atoms with van der Waals surface area (Å²) < 4.78 is 26.3. The zero-order valence-electron chi connectivity index (χ0n) is 9.52. The minimum atomic E-state index is -3.61. The van der Waals surface area contributed by atoms with Crippen molar-refractivity contribution in [2.24, 2.45) is 5.73 Å². The molecule has 1 aromatic carbocycles. The van der Waals surface area contributed by atoms with Crippen LogP contribution < -0.4 is 5.73 Å². The first-order valence-corrected chi connectivity index (χ1v) is 7.55. The van der Waals surface area contributed by atoms with Crippen LogP contribution in [0.1, 0.15) is 6.92 Å². The van der Waals surface area contributed by atoms with Gasteiger partial charge >= 0.3 is 0 Å². The molecular weight excluding hydrogens is 328 g/mol. The molecule has 17 heavy (non-hydrogen) atoms. The Labute approximate surface area is 115 Å². The van der Waals surface area contributed by atoms with Gasteiger partial charge in [0, 0.05) is 24.1 Å². The normalized spacial score (nSPS) is 14.0. The Bertz CT molecular complexity index is 507. The number of sulfonamides is 1. The van der Waals surface area contributed by atoms with E-state index in [4.69, 9.17) is 17.3 Å². The van der Waals surface area contributed by atoms with Gasteiger partial charge in [-0.05, 0) is 35.0 Å². The second kappa shape index (κ2) is 5.67. The van der Waals surface area contributed by atoms with Crippen molar-refractivity contribution in [3.05, 3.63) is 27.7 Å². The van der Waals surface area contributed by atoms with E-state index in [-0.39, 0.29) is 22.5 Å². The van der Waals surface area contributed by atoms with Crippen LogP contribution in [-0.2, 0) is 10.0 Å². The molecule has 0 heterocycles. The quantitative estimate of drug-likeness (QED) is 0.912. The summed E-state index contributed by atoms with van der Waals surface area (Å²) in [4.78, 5) is 0.0799. The monoisotopic (exact) mass is 340 g/mol. The van der Waals surface area contributed by atoms with E-state index in [1.165, 1.54) is 17.4 Å². The Hall–Kier alpha value is -0.140. The van der Waals surface area contributed by atoms with Crippen LogP contribution in [0.5, 0.6) is 0 Å². The number of nitrogens with two attached hydrogens (primary N) is 1. The van der Waals surface area contributed by atoms with Crippen molar-refractivity contribution >= 4 is 37.6 Å². The Morgan fingerprint density at radius 2 is 2.12 bits per heavy atom. The second-order valence-corrected chi connectivity index (χ2v) is 6.86. The number of halogens is 2. The minimum absolute atomic E-state index is 0.0799. The molecule has 1 atom stereocenters. The lowest BCUT2D eigenvalue weighted by molar-refractivity contribution is 0.394. The Kier molecular flexibility index (Phi) is 4.97. The molecule has 0 aromatic heterocycles. The third-order valence-electron chi connectivity index (χ3n) is 2.54. The lowest BCUT2D eigenvalue weighted by atomic mass is 10.4. The van der Waals surface area contributed by atoms with Gasteiger partial charge in [0.15, 0.2) is 0 Å². The number of hydrogen-bond donors (Lipinski definition) is 1. The maximum atomic E-state index is 12.3. The predicted molar refractivity (Wildman–Crippen MR) is 72.6 cm³/mol. The van der Waals surface area contributed by atoms with Crippen LogP contribution in [0, 0.1) is 0 Å². The standard InChI is InChI=1S/C10H14BrClN2O2S/c1-7(6-13)14(2)17(15,16)9-5-3-4-8(11)10(9)12/h3-5,7H,6,13H2,1-2H3. The van der Waals surface area contributed by atoms with Crippen molar-refractivity contribution in [2.45, 2.75) is 17.9 Å². The molecule has 1 rings (SSSR count). The van der Waals surface area contributed by atoms with E-state index < -0.39 is 10.0 Å². The van der Waals surface area contributed by atoms with Crippen molar-refractivity contribution in [1.29, 1.82) is 0 Å². The fourth-order valence-corrected chi connectivity index (χ4v) is 3.60. The van der Waals surface area contributed by atoms with Crippen LogP contribution in [0.3, 0.4) is 0 Å². The van der Waals surface area contributed by atoms with Gasteiger partial charge in [-0.15, -0.1) is 0 Å². The van der Waals surface area contributed by atoms with Crippen molar-refractivity contribution < 1.29 is 8.42 Å². The van der Waals surface area contributed by atoms with Crippen molar-refractivity contribution in [3.8, 4) is 0 Å². The molecule has 0 bridgehead atoms. The predicted octanol–water partition coefficient (Wildman–Crippen LogP) is 2.07. The summed E-state index contributed by atoms with van der Waals surface area (Å²) in [5, 5.41) is 0.184. The van der Waals surface area contributed by atoms with Gasteiger partial charge in [-0.3, -0.25) is 0 Å². The second-order valence-electron chi connectivity index (χ2n) is 3.66. The molecule has 0 radical (unpaired) electrons. The van der Waals surface area contributed by atoms with Crippen molar-refractivity contribution in [2.75, 3.05) is 13.6 Å². The summed E-state index contributed by atoms with van der Waals surface area (Å²) in [6, 6.07) is 4.51. The zero-order chi connectivity index (χ0) is 13.2. The molecule has 4 nitrogen and oxygen atoms in total. The lowest BCUT2D eigenvalue weighted by Crippen LogP contribution is -2.39. The van der Waals surface area contributed by atoms with E-state index in [1.54, 1.807) is 19.1 Å². The van der Waals surface area contributed by atoms with E-state index in [0.29, 0.717) is 4.47 Å². The van der Waals surface area contributed by atoms with E-state index >= 15 is 0 Å². The highest BCUT2D eigenvalue weighted by atomic mass is 79.9. The molecule has 96 valence electrons. The fraction of sp³-hybridized carbons (Fsp3) is 0.400. The molecule has 0 amide bonds. The maximum absolute atomic E-state index is 12.3. The van der Waals surface area contributed by atoms with Crippen LogP contribution in [0.4, 0.5) is 0 Å². The first-order valence-electron chi connectivity index (χ1n) is 4.94. The van der Waals surface area contributed by atoms with Crippen LogP contribution in [0.15, 0.2) is 27.6 Å². The summed E-state index contributed by atoms with van der Waals surface area (Å²) in [6.07, 6.45) is 0. The van der Waals surface area contributed by atoms with Gasteiger partial charge in [-0.2, -0.15) is 4.31 Å². The average Bonchev–Trinajstić information content (AvgIpc) is 2.30. The summed E-state index contributed by atoms with van der Waals surface area (Å²) in [5.41, 5.74) is 5.47. The highest BCUT2D eigenvalue weighted by molar-refractivity contribution is 9.10. The van der Waals surface area contributed by atoms with E-state index in [1.807, 2.05) is 0 Å². The third kappa shape index (κ3) is 3.00. The van der Waals surface area contributed by atoms with Crippen LogP contribution in [0.25, 0.3) is 0 Å². The molecule has 7 heteroatoms. The van der Waals surface area contributed by atoms with Gasteiger partial charge in [0.25, 0.3) is 0 Å². The summed E-state index contributed by atoms with van der Waals surface area (Å²) in [7, 11) is -2.12. The highest BCUT2D eigenvalue weighted by Crippen LogP contribution is 2.31. The van der Waals surface area contributed by atoms with Gasteiger partial charge in [0.05, 0.1) is 5.02 Å². The maximum Gasteiger partial charge on any atom is 0.244 e. The molecule has 0 aliphatic heterocycles. The molecule has 0 aliphatic rings. The van der Waals surface area contributed by atoms with Gasteiger partial charge in [0.2, 0.25) is 10.0 Å². The fourth-order valence-electron chi connectivity index (χ4n) is 1.22. The zero-order valence-corrected chi connectivity index (χ0v) is 12.7. The lowest BCUT2D eigenvalue weighted by Gasteiger charge is -2.23. The Morgan fingerprint density at radius 3 is 2.65 bits per heavy atom. The molecule has 2 N–H and O–H groups in total. The summed E-state index contributed by atoms with van der Waals surface area (Å²) in [6.45, 7) is 1.99. The highest BCUT2D eigenvalue weighted by Gasteiger charge is 2.27. The largest absolute Gasteiger partial charge is 0.329 e. The first kappa shape index (κ1) is 14.9. The summed E-state index contributed by atoms with van der Waals surface area (Å²) in [5.74, 6) is 0. The number of rotatable bonds is 4. The van der Waals surface area contributed by atoms with Crippen LogP contribution >= 0.6 is 27.5 Å². The molecule has 1 unspecified atom stereocenters. The molecule has 0 saturated heterocycles. The van der Waals surface area contributed by atoms with Gasteiger partial charge < -0.3 is 5.73 Å². The first-order chi connectivity index (χ1) is 7.82. The van der Waals surface area contributed by atoms with Crippen molar-refractivity contribution in [3.63, 3.8) is 0 Å². The topological polar surface area (TPSA) is 63.4 Å². The SMILES string of the molecule is CC(CN)N(C)S(=O)(=O)c1cccc(Br)c1Cl. The summed E-state index contributed by atoms with van der Waals surface area (Å²) >= 11 is 9.19. The Morgan fingerprint density at radius 1 is 1.53 bits per heavy atom. The molecule has 1 aromatic rings. The van der Waals surface area contributed by atoms with E-state index in [0.717, 1.165) is 0 Å². The van der Waals surface area contributed by atoms with Crippen LogP contribution in [0.2, 0.25) is 5.02 Å². The smallest absolute Gasteiger partial charge is 0.244 e. The molecule has 0 saturated carbocycles. The average molecular weight is 342 g/mol. The van der Waals surface area contributed by atoms with Gasteiger partial charge in [0.1, 0.15) is 4.90 Å². The number of likely N-dealkylation sites (N-methyl/N-ethyl adjacent to an activating group) is 1. The van der Waals surface area contributed by atoms with Gasteiger partial charge in [-0.1, -0.05) is 17.7 Å². The van der Waals surface area contributed by atoms with Crippen LogP contribution in [-0.4, -0.2) is 32.4 Å². The molecule has 0 spiro atoms. The third-order valence-corrected chi connectivity index (χ3v) is 5.96.